The van der Waals surface area contributed by atoms with E-state index in [0.29, 0.717) is 5.92 Å². The first kappa shape index (κ1) is 10.4. The van der Waals surface area contributed by atoms with Gasteiger partial charge in [0.2, 0.25) is 0 Å². The third-order valence-electron chi connectivity index (χ3n) is 2.81. The van der Waals surface area contributed by atoms with Gasteiger partial charge in [-0.3, -0.25) is 9.36 Å². The van der Waals surface area contributed by atoms with Crippen molar-refractivity contribution >= 4 is 0 Å². The van der Waals surface area contributed by atoms with Crippen LogP contribution in [0.1, 0.15) is 18.5 Å². The minimum absolute atomic E-state index is 0.0500. The van der Waals surface area contributed by atoms with Crippen LogP contribution in [-0.2, 0) is 11.3 Å². The average molecular weight is 208 g/mol. The van der Waals surface area contributed by atoms with Crippen LogP contribution in [0.15, 0.2) is 17.2 Å². The SMILES string of the molecule is Cc1cc(=O)n(CC2CCOCC2)cn1. The van der Waals surface area contributed by atoms with Crippen LogP contribution in [0.5, 0.6) is 0 Å². The van der Waals surface area contributed by atoms with Crippen molar-refractivity contribution < 1.29 is 4.74 Å². The summed E-state index contributed by atoms with van der Waals surface area (Å²) in [6.45, 7) is 4.24. The lowest BCUT2D eigenvalue weighted by molar-refractivity contribution is 0.0608. The Balaban J connectivity index is 2.06. The Morgan fingerprint density at radius 2 is 2.27 bits per heavy atom. The largest absolute Gasteiger partial charge is 0.381 e. The number of aryl methyl sites for hydroxylation is 1. The summed E-state index contributed by atoms with van der Waals surface area (Å²) < 4.78 is 6.98. The van der Waals surface area contributed by atoms with Gasteiger partial charge in [0, 0.05) is 31.5 Å². The van der Waals surface area contributed by atoms with Gasteiger partial charge in [-0.15, -0.1) is 0 Å². The molecule has 82 valence electrons. The van der Waals surface area contributed by atoms with E-state index in [0.717, 1.165) is 38.3 Å². The molecule has 15 heavy (non-hydrogen) atoms. The molecular formula is C11H16N2O2. The second-order valence-corrected chi connectivity index (χ2v) is 4.08. The first-order valence-corrected chi connectivity index (χ1v) is 5.36. The van der Waals surface area contributed by atoms with Crippen LogP contribution in [0, 0.1) is 12.8 Å². The lowest BCUT2D eigenvalue weighted by Gasteiger charge is -2.22. The quantitative estimate of drug-likeness (QED) is 0.727. The molecule has 4 heteroatoms. The molecule has 0 spiro atoms. The lowest BCUT2D eigenvalue weighted by atomic mass is 10.0. The summed E-state index contributed by atoms with van der Waals surface area (Å²) in [6.07, 6.45) is 3.73. The fourth-order valence-electron chi connectivity index (χ4n) is 1.86. The molecule has 4 nitrogen and oxygen atoms in total. The van der Waals surface area contributed by atoms with Crippen LogP contribution >= 0.6 is 0 Å². The first-order chi connectivity index (χ1) is 7.25. The van der Waals surface area contributed by atoms with E-state index in [9.17, 15) is 4.79 Å². The van der Waals surface area contributed by atoms with Crippen molar-refractivity contribution in [2.45, 2.75) is 26.3 Å². The van der Waals surface area contributed by atoms with E-state index in [1.165, 1.54) is 0 Å². The summed E-state index contributed by atoms with van der Waals surface area (Å²) in [4.78, 5) is 15.7. The summed E-state index contributed by atoms with van der Waals surface area (Å²) in [5.41, 5.74) is 0.831. The zero-order chi connectivity index (χ0) is 10.7. The fourth-order valence-corrected chi connectivity index (χ4v) is 1.86. The number of hydrogen-bond donors (Lipinski definition) is 0. The first-order valence-electron chi connectivity index (χ1n) is 5.36. The summed E-state index contributed by atoms with van der Waals surface area (Å²) in [5, 5.41) is 0. The Morgan fingerprint density at radius 1 is 1.53 bits per heavy atom. The van der Waals surface area contributed by atoms with Gasteiger partial charge in [-0.05, 0) is 25.7 Å². The third-order valence-corrected chi connectivity index (χ3v) is 2.81. The van der Waals surface area contributed by atoms with Gasteiger partial charge >= 0.3 is 0 Å². The van der Waals surface area contributed by atoms with E-state index in [1.54, 1.807) is 17.0 Å². The molecule has 0 saturated carbocycles. The molecule has 0 bridgehead atoms. The second-order valence-electron chi connectivity index (χ2n) is 4.08. The molecule has 0 aromatic carbocycles. The molecule has 1 saturated heterocycles. The topological polar surface area (TPSA) is 44.1 Å². The molecule has 0 amide bonds. The number of ether oxygens (including phenoxy) is 1. The van der Waals surface area contributed by atoms with Gasteiger partial charge in [-0.25, -0.2) is 4.98 Å². The van der Waals surface area contributed by atoms with Gasteiger partial charge < -0.3 is 4.74 Å². The molecule has 1 aliphatic heterocycles. The molecular weight excluding hydrogens is 192 g/mol. The number of aromatic nitrogens is 2. The van der Waals surface area contributed by atoms with Gasteiger partial charge in [0.1, 0.15) is 0 Å². The zero-order valence-corrected chi connectivity index (χ0v) is 8.98. The Hall–Kier alpha value is -1.16. The highest BCUT2D eigenvalue weighted by Crippen LogP contribution is 2.15. The van der Waals surface area contributed by atoms with Crippen LogP contribution in [-0.4, -0.2) is 22.8 Å². The van der Waals surface area contributed by atoms with Gasteiger partial charge in [0.15, 0.2) is 0 Å². The maximum absolute atomic E-state index is 11.6. The number of hydrogen-bond acceptors (Lipinski definition) is 3. The van der Waals surface area contributed by atoms with Crippen LogP contribution < -0.4 is 5.56 Å². The minimum atomic E-state index is 0.0500. The standard InChI is InChI=1S/C11H16N2O2/c1-9-6-11(14)13(8-12-9)7-10-2-4-15-5-3-10/h6,8,10H,2-5,7H2,1H3. The Labute approximate surface area is 88.9 Å². The zero-order valence-electron chi connectivity index (χ0n) is 8.98. The summed E-state index contributed by atoms with van der Waals surface area (Å²) in [7, 11) is 0. The highest BCUT2D eigenvalue weighted by atomic mass is 16.5. The Bertz CT molecular complexity index is 380. The van der Waals surface area contributed by atoms with Gasteiger partial charge in [-0.1, -0.05) is 0 Å². The maximum Gasteiger partial charge on any atom is 0.253 e. The molecule has 0 aliphatic carbocycles. The maximum atomic E-state index is 11.6. The molecule has 2 rings (SSSR count). The number of rotatable bonds is 2. The van der Waals surface area contributed by atoms with Crippen LogP contribution in [0.3, 0.4) is 0 Å². The van der Waals surface area contributed by atoms with Crippen LogP contribution in [0.4, 0.5) is 0 Å². The summed E-state index contributed by atoms with van der Waals surface area (Å²) in [5.74, 6) is 0.556. The van der Waals surface area contributed by atoms with Gasteiger partial charge in [-0.2, -0.15) is 0 Å². The molecule has 0 N–H and O–H groups in total. The van der Waals surface area contributed by atoms with Gasteiger partial charge in [0.05, 0.1) is 6.33 Å². The highest BCUT2D eigenvalue weighted by Gasteiger charge is 2.14. The Kier molecular flexibility index (Phi) is 3.16. The van der Waals surface area contributed by atoms with E-state index in [4.69, 9.17) is 4.74 Å². The van der Waals surface area contributed by atoms with Crippen molar-refractivity contribution in [3.05, 3.63) is 28.4 Å². The summed E-state index contributed by atoms with van der Waals surface area (Å²) in [6, 6.07) is 1.58. The summed E-state index contributed by atoms with van der Waals surface area (Å²) >= 11 is 0. The molecule has 1 aromatic heterocycles. The van der Waals surface area contributed by atoms with Crippen molar-refractivity contribution in [1.82, 2.24) is 9.55 Å². The fraction of sp³-hybridized carbons (Fsp3) is 0.636. The predicted octanol–water partition coefficient (Wildman–Crippen LogP) is 0.978. The number of nitrogens with zero attached hydrogens (tertiary/aromatic N) is 2. The molecule has 1 aromatic rings. The molecule has 0 unspecified atom stereocenters. The van der Waals surface area contributed by atoms with Crippen molar-refractivity contribution in [2.24, 2.45) is 5.92 Å². The predicted molar refractivity (Wildman–Crippen MR) is 56.8 cm³/mol. The normalized spacial score (nSPS) is 17.9. The van der Waals surface area contributed by atoms with E-state index < -0.39 is 0 Å². The molecule has 0 radical (unpaired) electrons. The second kappa shape index (κ2) is 4.57. The van der Waals surface area contributed by atoms with Crippen LogP contribution in [0.2, 0.25) is 0 Å². The van der Waals surface area contributed by atoms with Crippen molar-refractivity contribution in [3.63, 3.8) is 0 Å². The monoisotopic (exact) mass is 208 g/mol. The van der Waals surface area contributed by atoms with Crippen molar-refractivity contribution in [3.8, 4) is 0 Å². The van der Waals surface area contributed by atoms with Crippen LogP contribution in [0.25, 0.3) is 0 Å². The smallest absolute Gasteiger partial charge is 0.253 e. The average Bonchev–Trinajstić information content (AvgIpc) is 2.24. The van der Waals surface area contributed by atoms with Crippen molar-refractivity contribution in [1.29, 1.82) is 0 Å². The van der Waals surface area contributed by atoms with Crippen molar-refractivity contribution in [2.75, 3.05) is 13.2 Å². The lowest BCUT2D eigenvalue weighted by Crippen LogP contribution is -2.27. The third kappa shape index (κ3) is 2.65. The van der Waals surface area contributed by atoms with Gasteiger partial charge in [0.25, 0.3) is 5.56 Å². The molecule has 1 aliphatic rings. The van der Waals surface area contributed by atoms with E-state index in [2.05, 4.69) is 4.98 Å². The van der Waals surface area contributed by atoms with E-state index in [1.807, 2.05) is 6.92 Å². The molecule has 2 heterocycles. The minimum Gasteiger partial charge on any atom is -0.381 e. The van der Waals surface area contributed by atoms with E-state index >= 15 is 0 Å². The highest BCUT2D eigenvalue weighted by molar-refractivity contribution is 4.96. The Morgan fingerprint density at radius 3 is 2.93 bits per heavy atom. The van der Waals surface area contributed by atoms with E-state index in [-0.39, 0.29) is 5.56 Å². The molecule has 0 atom stereocenters. The molecule has 1 fully saturated rings.